The minimum Gasteiger partial charge on any atom is -0.497 e. The van der Waals surface area contributed by atoms with Crippen LogP contribution in [0.4, 0.5) is 0 Å². The van der Waals surface area contributed by atoms with Crippen molar-refractivity contribution in [3.63, 3.8) is 0 Å². The Bertz CT molecular complexity index is 1080. The molecule has 164 valence electrons. The summed E-state index contributed by atoms with van der Waals surface area (Å²) in [4.78, 5) is 31.9. The number of benzene rings is 2. The first kappa shape index (κ1) is 21.6. The van der Waals surface area contributed by atoms with Gasteiger partial charge in [-0.3, -0.25) is 14.6 Å². The zero-order valence-corrected chi connectivity index (χ0v) is 18.2. The van der Waals surface area contributed by atoms with Gasteiger partial charge in [-0.05, 0) is 42.7 Å². The van der Waals surface area contributed by atoms with Gasteiger partial charge in [-0.2, -0.15) is 0 Å². The van der Waals surface area contributed by atoms with Crippen molar-refractivity contribution >= 4 is 11.8 Å². The highest BCUT2D eigenvalue weighted by molar-refractivity contribution is 5.95. The zero-order valence-electron chi connectivity index (χ0n) is 18.2. The fourth-order valence-electron chi connectivity index (χ4n) is 3.97. The Kier molecular flexibility index (Phi) is 6.80. The molecule has 1 aliphatic heterocycles. The van der Waals surface area contributed by atoms with E-state index in [4.69, 9.17) is 4.74 Å². The lowest BCUT2D eigenvalue weighted by molar-refractivity contribution is -0.126. The van der Waals surface area contributed by atoms with Crippen LogP contribution >= 0.6 is 0 Å². The standard InChI is InChI=1S/C26H27N3O3/c1-32-23-9-5-6-19(16-23)18-28-25(30)21-11-14-29(15-12-21)26(31)22-10-13-27-24(17-22)20-7-3-2-4-8-20/h2-10,13,16-17,21H,11-12,14-15,18H2,1H3,(H,28,30). The van der Waals surface area contributed by atoms with Crippen LogP contribution < -0.4 is 10.1 Å². The van der Waals surface area contributed by atoms with Crippen LogP contribution in [0.5, 0.6) is 5.75 Å². The number of amides is 2. The van der Waals surface area contributed by atoms with Gasteiger partial charge in [0.15, 0.2) is 0 Å². The van der Waals surface area contributed by atoms with Gasteiger partial charge in [0, 0.05) is 42.9 Å². The molecule has 0 atom stereocenters. The van der Waals surface area contributed by atoms with Gasteiger partial charge in [0.2, 0.25) is 5.91 Å². The highest BCUT2D eigenvalue weighted by Crippen LogP contribution is 2.22. The molecule has 0 spiro atoms. The molecule has 2 aromatic carbocycles. The second-order valence-corrected chi connectivity index (χ2v) is 7.93. The second kappa shape index (κ2) is 10.1. The third kappa shape index (κ3) is 5.14. The molecule has 6 nitrogen and oxygen atoms in total. The normalized spacial score (nSPS) is 14.1. The minimum absolute atomic E-state index is 0.0141. The summed E-state index contributed by atoms with van der Waals surface area (Å²) in [5.74, 6) is 0.715. The summed E-state index contributed by atoms with van der Waals surface area (Å²) >= 11 is 0. The number of nitrogens with zero attached hydrogens (tertiary/aromatic N) is 2. The van der Waals surface area contributed by atoms with E-state index in [1.54, 1.807) is 19.4 Å². The Labute approximate surface area is 188 Å². The first-order valence-corrected chi connectivity index (χ1v) is 10.9. The number of rotatable bonds is 6. The van der Waals surface area contributed by atoms with Crippen molar-refractivity contribution in [2.24, 2.45) is 5.92 Å². The number of hydrogen-bond acceptors (Lipinski definition) is 4. The summed E-state index contributed by atoms with van der Waals surface area (Å²) in [5, 5.41) is 3.02. The summed E-state index contributed by atoms with van der Waals surface area (Å²) in [7, 11) is 1.63. The molecule has 2 heterocycles. The summed E-state index contributed by atoms with van der Waals surface area (Å²) in [5.41, 5.74) is 3.38. The van der Waals surface area contributed by atoms with Crippen LogP contribution in [0, 0.1) is 5.92 Å². The molecule has 0 bridgehead atoms. The largest absolute Gasteiger partial charge is 0.497 e. The summed E-state index contributed by atoms with van der Waals surface area (Å²) in [6.07, 6.45) is 2.99. The third-order valence-corrected chi connectivity index (χ3v) is 5.83. The van der Waals surface area contributed by atoms with Crippen molar-refractivity contribution in [1.82, 2.24) is 15.2 Å². The van der Waals surface area contributed by atoms with Crippen LogP contribution in [0.25, 0.3) is 11.3 Å². The fourth-order valence-corrected chi connectivity index (χ4v) is 3.97. The maximum absolute atomic E-state index is 13.0. The van der Waals surface area contributed by atoms with E-state index in [0.717, 1.165) is 22.6 Å². The van der Waals surface area contributed by atoms with Gasteiger partial charge in [-0.1, -0.05) is 42.5 Å². The van der Waals surface area contributed by atoms with E-state index < -0.39 is 0 Å². The lowest BCUT2D eigenvalue weighted by Gasteiger charge is -2.31. The molecular formula is C26H27N3O3. The maximum atomic E-state index is 13.0. The lowest BCUT2D eigenvalue weighted by atomic mass is 9.95. The molecule has 1 aliphatic rings. The monoisotopic (exact) mass is 429 g/mol. The number of piperidine rings is 1. The number of methoxy groups -OCH3 is 1. The Morgan fingerprint density at radius 1 is 1.03 bits per heavy atom. The average molecular weight is 430 g/mol. The molecule has 6 heteroatoms. The molecule has 1 N–H and O–H groups in total. The number of carbonyl (C=O) groups excluding carboxylic acids is 2. The van der Waals surface area contributed by atoms with Crippen LogP contribution in [0.15, 0.2) is 72.9 Å². The van der Waals surface area contributed by atoms with Crippen molar-refractivity contribution in [3.8, 4) is 17.0 Å². The molecule has 0 radical (unpaired) electrons. The highest BCUT2D eigenvalue weighted by Gasteiger charge is 2.28. The molecule has 3 aromatic rings. The predicted octanol–water partition coefficient (Wildman–Crippen LogP) is 3.93. The SMILES string of the molecule is COc1cccc(CNC(=O)C2CCN(C(=O)c3ccnc(-c4ccccc4)c3)CC2)c1. The Morgan fingerprint density at radius 2 is 1.81 bits per heavy atom. The van der Waals surface area contributed by atoms with Crippen LogP contribution in [-0.2, 0) is 11.3 Å². The van der Waals surface area contributed by atoms with Gasteiger partial charge in [0.1, 0.15) is 5.75 Å². The van der Waals surface area contributed by atoms with Gasteiger partial charge >= 0.3 is 0 Å². The topological polar surface area (TPSA) is 71.5 Å². The molecular weight excluding hydrogens is 402 g/mol. The number of pyridine rings is 1. The van der Waals surface area contributed by atoms with E-state index in [1.807, 2.05) is 65.6 Å². The highest BCUT2D eigenvalue weighted by atomic mass is 16.5. The van der Waals surface area contributed by atoms with Crippen LogP contribution in [-0.4, -0.2) is 41.9 Å². The number of aromatic nitrogens is 1. The van der Waals surface area contributed by atoms with E-state index >= 15 is 0 Å². The average Bonchev–Trinajstić information content (AvgIpc) is 2.87. The van der Waals surface area contributed by atoms with E-state index in [9.17, 15) is 9.59 Å². The quantitative estimate of drug-likeness (QED) is 0.645. The van der Waals surface area contributed by atoms with Crippen molar-refractivity contribution in [3.05, 3.63) is 84.1 Å². The molecule has 0 saturated carbocycles. The molecule has 0 unspecified atom stereocenters. The van der Waals surface area contributed by atoms with Gasteiger partial charge in [0.25, 0.3) is 5.91 Å². The molecule has 1 aromatic heterocycles. The smallest absolute Gasteiger partial charge is 0.253 e. The number of ether oxygens (including phenoxy) is 1. The van der Waals surface area contributed by atoms with E-state index in [0.29, 0.717) is 38.0 Å². The Hall–Kier alpha value is -3.67. The van der Waals surface area contributed by atoms with E-state index in [1.165, 1.54) is 0 Å². The van der Waals surface area contributed by atoms with Gasteiger partial charge in [-0.15, -0.1) is 0 Å². The van der Waals surface area contributed by atoms with E-state index in [-0.39, 0.29) is 17.7 Å². The summed E-state index contributed by atoms with van der Waals surface area (Å²) in [6.45, 7) is 1.60. The Balaban J connectivity index is 1.31. The molecule has 1 saturated heterocycles. The number of likely N-dealkylation sites (tertiary alicyclic amines) is 1. The zero-order chi connectivity index (χ0) is 22.3. The number of hydrogen-bond donors (Lipinski definition) is 1. The van der Waals surface area contributed by atoms with Crippen LogP contribution in [0.3, 0.4) is 0 Å². The first-order chi connectivity index (χ1) is 15.6. The number of carbonyl (C=O) groups is 2. The van der Waals surface area contributed by atoms with Crippen LogP contribution in [0.1, 0.15) is 28.8 Å². The summed E-state index contributed by atoms with van der Waals surface area (Å²) < 4.78 is 5.23. The van der Waals surface area contributed by atoms with Crippen molar-refractivity contribution in [1.29, 1.82) is 0 Å². The molecule has 1 fully saturated rings. The Morgan fingerprint density at radius 3 is 2.56 bits per heavy atom. The van der Waals surface area contributed by atoms with Crippen LogP contribution in [0.2, 0.25) is 0 Å². The third-order valence-electron chi connectivity index (χ3n) is 5.83. The molecule has 2 amide bonds. The fraction of sp³-hybridized carbons (Fsp3) is 0.269. The maximum Gasteiger partial charge on any atom is 0.253 e. The predicted molar refractivity (Wildman–Crippen MR) is 123 cm³/mol. The summed E-state index contributed by atoms with van der Waals surface area (Å²) in [6, 6.07) is 21.1. The lowest BCUT2D eigenvalue weighted by Crippen LogP contribution is -2.42. The van der Waals surface area contributed by atoms with E-state index in [2.05, 4.69) is 10.3 Å². The number of nitrogens with one attached hydrogen (secondary N) is 1. The molecule has 32 heavy (non-hydrogen) atoms. The first-order valence-electron chi connectivity index (χ1n) is 10.9. The molecule has 4 rings (SSSR count). The van der Waals surface area contributed by atoms with Gasteiger partial charge < -0.3 is 15.0 Å². The van der Waals surface area contributed by atoms with Gasteiger partial charge in [-0.25, -0.2) is 0 Å². The van der Waals surface area contributed by atoms with Gasteiger partial charge in [0.05, 0.1) is 12.8 Å². The minimum atomic E-state index is -0.0815. The van der Waals surface area contributed by atoms with Crippen molar-refractivity contribution in [2.45, 2.75) is 19.4 Å². The second-order valence-electron chi connectivity index (χ2n) is 7.93. The van der Waals surface area contributed by atoms with Crippen molar-refractivity contribution < 1.29 is 14.3 Å². The molecule has 0 aliphatic carbocycles. The van der Waals surface area contributed by atoms with Crippen molar-refractivity contribution in [2.75, 3.05) is 20.2 Å².